The van der Waals surface area contributed by atoms with Crippen molar-refractivity contribution in [2.24, 2.45) is 12.5 Å². The average Bonchev–Trinajstić information content (AvgIpc) is 3.09. The maximum atomic E-state index is 11.0. The second-order valence-corrected chi connectivity index (χ2v) is 7.90. The van der Waals surface area contributed by atoms with Gasteiger partial charge in [-0.2, -0.15) is 0 Å². The summed E-state index contributed by atoms with van der Waals surface area (Å²) in [6, 6.07) is 15.9. The van der Waals surface area contributed by atoms with Crippen LogP contribution in [0.25, 0.3) is 22.2 Å². The third kappa shape index (κ3) is 5.09. The maximum Gasteiger partial charge on any atom is 1.00 e. The van der Waals surface area contributed by atoms with Crippen LogP contribution < -0.4 is 44.7 Å². The van der Waals surface area contributed by atoms with E-state index in [-0.39, 0.29) is 42.2 Å². The number of carbonyl (C=O) groups excluding carboxylic acids is 1. The van der Waals surface area contributed by atoms with E-state index in [0.717, 1.165) is 33.8 Å². The summed E-state index contributed by atoms with van der Waals surface area (Å²) in [5.41, 5.74) is 3.55. The third-order valence-corrected chi connectivity index (χ3v) is 5.00. The van der Waals surface area contributed by atoms with Crippen molar-refractivity contribution in [2.75, 3.05) is 11.9 Å². The number of carbonyl (C=O) groups is 1. The topological polar surface area (TPSA) is 105 Å². The molecule has 158 valence electrons. The Morgan fingerprint density at radius 2 is 1.72 bits per heavy atom. The summed E-state index contributed by atoms with van der Waals surface area (Å²) in [5, 5.41) is 14.4. The van der Waals surface area contributed by atoms with E-state index in [1.165, 1.54) is 13.8 Å². The standard InChI is InChI=1S/C23H23N5O3.Na/c1-23(2,20(29)30)14-31-22-24-12-16(13-25-22)15-8-10-17(11-9-15)26-21-27-18-6-4-5-7-19(18)28(21)3;/h4-13H,14H2,1-3H3,(H,26,27)(H,29,30);/q;+1/p-1. The Labute approximate surface area is 208 Å². The van der Waals surface area contributed by atoms with Crippen LogP contribution in [0.2, 0.25) is 0 Å². The molecule has 4 aromatic rings. The minimum Gasteiger partial charge on any atom is -0.549 e. The van der Waals surface area contributed by atoms with Crippen molar-refractivity contribution < 1.29 is 44.2 Å². The van der Waals surface area contributed by atoms with Gasteiger partial charge in [0.15, 0.2) is 0 Å². The Balaban J connectivity index is 0.00000289. The first-order valence-corrected chi connectivity index (χ1v) is 9.79. The normalized spacial score (nSPS) is 11.1. The number of para-hydroxylation sites is 2. The fourth-order valence-corrected chi connectivity index (χ4v) is 2.98. The van der Waals surface area contributed by atoms with Gasteiger partial charge >= 0.3 is 35.6 Å². The number of benzene rings is 2. The Morgan fingerprint density at radius 3 is 2.34 bits per heavy atom. The fourth-order valence-electron chi connectivity index (χ4n) is 2.98. The van der Waals surface area contributed by atoms with Gasteiger partial charge in [-0.15, -0.1) is 0 Å². The van der Waals surface area contributed by atoms with Gasteiger partial charge in [-0.05, 0) is 29.8 Å². The summed E-state index contributed by atoms with van der Waals surface area (Å²) in [6.45, 7) is 2.98. The fraction of sp³-hybridized carbons (Fsp3) is 0.217. The third-order valence-electron chi connectivity index (χ3n) is 5.00. The molecule has 8 nitrogen and oxygen atoms in total. The van der Waals surface area contributed by atoms with Crippen LogP contribution in [-0.4, -0.2) is 32.1 Å². The van der Waals surface area contributed by atoms with Gasteiger partial charge in [-0.25, -0.2) is 15.0 Å². The Kier molecular flexibility index (Phi) is 7.18. The number of carboxylic acids is 1. The molecule has 9 heteroatoms. The van der Waals surface area contributed by atoms with Crippen molar-refractivity contribution in [3.8, 4) is 17.1 Å². The number of imidazole rings is 1. The van der Waals surface area contributed by atoms with E-state index in [4.69, 9.17) is 4.74 Å². The molecule has 0 saturated heterocycles. The molecule has 4 rings (SSSR count). The monoisotopic (exact) mass is 439 g/mol. The van der Waals surface area contributed by atoms with Crippen LogP contribution in [0.15, 0.2) is 60.9 Å². The molecule has 0 spiro atoms. The van der Waals surface area contributed by atoms with E-state index in [1.807, 2.05) is 60.1 Å². The molecule has 1 N–H and O–H groups in total. The van der Waals surface area contributed by atoms with Gasteiger partial charge in [0.1, 0.15) is 6.61 Å². The number of hydrogen-bond acceptors (Lipinski definition) is 7. The van der Waals surface area contributed by atoms with Gasteiger partial charge in [-0.3, -0.25) is 0 Å². The average molecular weight is 439 g/mol. The zero-order valence-electron chi connectivity index (χ0n) is 18.5. The predicted molar refractivity (Wildman–Crippen MR) is 116 cm³/mol. The molecule has 0 aliphatic heterocycles. The second-order valence-electron chi connectivity index (χ2n) is 7.90. The number of fused-ring (bicyclic) bond motifs is 1. The summed E-state index contributed by atoms with van der Waals surface area (Å²) >= 11 is 0. The van der Waals surface area contributed by atoms with Gasteiger partial charge in [0, 0.05) is 36.1 Å². The number of nitrogens with zero attached hydrogens (tertiary/aromatic N) is 4. The summed E-state index contributed by atoms with van der Waals surface area (Å²) in [4.78, 5) is 24.0. The Morgan fingerprint density at radius 1 is 1.06 bits per heavy atom. The van der Waals surface area contributed by atoms with Crippen LogP contribution >= 0.6 is 0 Å². The van der Waals surface area contributed by atoms with Crippen LogP contribution in [0, 0.1) is 5.41 Å². The van der Waals surface area contributed by atoms with Gasteiger partial charge in [-0.1, -0.05) is 38.1 Å². The number of carboxylic acid groups (broad SMARTS) is 1. The van der Waals surface area contributed by atoms with E-state index >= 15 is 0 Å². The summed E-state index contributed by atoms with van der Waals surface area (Å²) in [7, 11) is 1.97. The molecule has 2 aromatic heterocycles. The van der Waals surface area contributed by atoms with Crippen molar-refractivity contribution in [3.05, 3.63) is 60.9 Å². The number of nitrogens with one attached hydrogen (secondary N) is 1. The number of aromatic nitrogens is 4. The molecule has 0 bridgehead atoms. The molecule has 0 saturated carbocycles. The van der Waals surface area contributed by atoms with Crippen molar-refractivity contribution in [1.82, 2.24) is 19.5 Å². The van der Waals surface area contributed by atoms with Crippen LogP contribution in [0.4, 0.5) is 11.6 Å². The summed E-state index contributed by atoms with van der Waals surface area (Å²) in [5.74, 6) is -0.422. The van der Waals surface area contributed by atoms with Gasteiger partial charge in [0.25, 0.3) is 0 Å². The molecule has 0 amide bonds. The number of hydrogen-bond donors (Lipinski definition) is 1. The van der Waals surface area contributed by atoms with Crippen molar-refractivity contribution in [1.29, 1.82) is 0 Å². The molecule has 32 heavy (non-hydrogen) atoms. The molecule has 2 heterocycles. The number of ether oxygens (including phenoxy) is 1. The molecule has 0 aliphatic rings. The zero-order chi connectivity index (χ0) is 22.0. The smallest absolute Gasteiger partial charge is 0.549 e. The van der Waals surface area contributed by atoms with Crippen molar-refractivity contribution in [3.63, 3.8) is 0 Å². The molecular weight excluding hydrogens is 417 g/mol. The number of aliphatic carboxylic acids is 1. The number of aryl methyl sites for hydroxylation is 1. The Bertz CT molecular complexity index is 1220. The minimum absolute atomic E-state index is 0. The maximum absolute atomic E-state index is 11.0. The van der Waals surface area contributed by atoms with Gasteiger partial charge in [0.05, 0.1) is 17.0 Å². The van der Waals surface area contributed by atoms with Crippen LogP contribution in [0.5, 0.6) is 6.01 Å². The summed E-state index contributed by atoms with van der Waals surface area (Å²) in [6.07, 6.45) is 3.28. The van der Waals surface area contributed by atoms with Crippen LogP contribution in [0.3, 0.4) is 0 Å². The molecule has 0 unspecified atom stereocenters. The minimum atomic E-state index is -1.18. The van der Waals surface area contributed by atoms with Crippen molar-refractivity contribution >= 4 is 28.6 Å². The van der Waals surface area contributed by atoms with Crippen LogP contribution in [-0.2, 0) is 11.8 Å². The molecule has 0 atom stereocenters. The van der Waals surface area contributed by atoms with Crippen LogP contribution in [0.1, 0.15) is 13.8 Å². The first-order chi connectivity index (χ1) is 14.8. The number of rotatable bonds is 7. The molecule has 0 aliphatic carbocycles. The van der Waals surface area contributed by atoms with E-state index < -0.39 is 11.4 Å². The molecular formula is C23H22N5NaO3. The number of anilines is 2. The first-order valence-electron chi connectivity index (χ1n) is 9.79. The van der Waals surface area contributed by atoms with Gasteiger partial charge < -0.3 is 24.5 Å². The van der Waals surface area contributed by atoms with E-state index in [1.54, 1.807) is 12.4 Å². The SMILES string of the molecule is Cn1c(Nc2ccc(-c3cnc(OCC(C)(C)C(=O)[O-])nc3)cc2)nc2ccccc21.[Na+]. The summed E-state index contributed by atoms with van der Waals surface area (Å²) < 4.78 is 7.39. The van der Waals surface area contributed by atoms with Gasteiger partial charge in [0.2, 0.25) is 5.95 Å². The quantitative estimate of drug-likeness (QED) is 0.402. The van der Waals surface area contributed by atoms with E-state index in [9.17, 15) is 9.90 Å². The van der Waals surface area contributed by atoms with E-state index in [0.29, 0.717) is 0 Å². The second kappa shape index (κ2) is 9.68. The first kappa shape index (κ1) is 23.7. The molecule has 0 radical (unpaired) electrons. The zero-order valence-corrected chi connectivity index (χ0v) is 20.5. The van der Waals surface area contributed by atoms with Crippen molar-refractivity contribution in [2.45, 2.75) is 13.8 Å². The molecule has 2 aromatic carbocycles. The van der Waals surface area contributed by atoms with E-state index in [2.05, 4.69) is 20.3 Å². The largest absolute Gasteiger partial charge is 1.00 e. The Hall–Kier alpha value is -2.94. The molecule has 0 fully saturated rings. The predicted octanol–water partition coefficient (Wildman–Crippen LogP) is -0.0672.